The zero-order valence-corrected chi connectivity index (χ0v) is 10.1. The quantitative estimate of drug-likeness (QED) is 0.818. The van der Waals surface area contributed by atoms with Gasteiger partial charge in [0.05, 0.1) is 6.04 Å². The Balaban J connectivity index is 2.17. The van der Waals surface area contributed by atoms with Crippen LogP contribution in [0.4, 0.5) is 0 Å². The van der Waals surface area contributed by atoms with Gasteiger partial charge in [-0.05, 0) is 41.6 Å². The fraction of sp³-hybridized carbons (Fsp3) is 0.385. The van der Waals surface area contributed by atoms with Gasteiger partial charge in [-0.15, -0.1) is 11.3 Å². The highest BCUT2D eigenvalue weighted by atomic mass is 32.1. The Morgan fingerprint density at radius 3 is 2.93 bits per heavy atom. The zero-order chi connectivity index (χ0) is 10.7. The van der Waals surface area contributed by atoms with Crippen molar-refractivity contribution in [3.8, 4) is 0 Å². The molecule has 1 aliphatic rings. The topological polar surface area (TPSA) is 12.0 Å². The molecule has 0 fully saturated rings. The van der Waals surface area contributed by atoms with Gasteiger partial charge in [0.25, 0.3) is 0 Å². The van der Waals surface area contributed by atoms with Gasteiger partial charge in [0.2, 0.25) is 0 Å². The second-order valence-electron chi connectivity index (χ2n) is 4.29. The lowest BCUT2D eigenvalue weighted by molar-refractivity contribution is 0.641. The van der Waals surface area contributed by atoms with E-state index < -0.39 is 0 Å². The molecule has 1 unspecified atom stereocenters. The van der Waals surface area contributed by atoms with Gasteiger partial charge in [-0.25, -0.2) is 0 Å². The third-order valence-corrected chi connectivity index (χ3v) is 3.45. The fourth-order valence-corrected chi connectivity index (χ4v) is 2.94. The van der Waals surface area contributed by atoms with Crippen molar-refractivity contribution in [2.75, 3.05) is 0 Å². The van der Waals surface area contributed by atoms with E-state index in [-0.39, 0.29) is 0 Å². The number of hydrogen-bond acceptors (Lipinski definition) is 2. The Kier molecular flexibility index (Phi) is 3.27. The molecule has 0 saturated heterocycles. The molecule has 0 amide bonds. The Morgan fingerprint density at radius 2 is 2.27 bits per heavy atom. The number of hydrogen-bond donors (Lipinski definition) is 1. The largest absolute Gasteiger partial charge is 0.381 e. The van der Waals surface area contributed by atoms with Crippen molar-refractivity contribution in [2.45, 2.75) is 26.3 Å². The third kappa shape index (κ3) is 2.51. The average molecular weight is 219 g/mol. The third-order valence-electron chi connectivity index (χ3n) is 2.50. The zero-order valence-electron chi connectivity index (χ0n) is 9.23. The van der Waals surface area contributed by atoms with Crippen LogP contribution in [0.25, 0.3) is 0 Å². The van der Waals surface area contributed by atoms with Crippen molar-refractivity contribution in [1.82, 2.24) is 5.32 Å². The van der Waals surface area contributed by atoms with E-state index in [0.29, 0.717) is 6.04 Å². The van der Waals surface area contributed by atoms with Crippen LogP contribution in [0.15, 0.2) is 35.9 Å². The summed E-state index contributed by atoms with van der Waals surface area (Å²) in [6, 6.07) is 2.61. The standard InChI is InChI=1S/C13H17NS/c1-10(2)9-13-11(6-8-15-13)12-5-3-4-7-14-12/h3-8,10,12,14H,9H2,1-2H3. The summed E-state index contributed by atoms with van der Waals surface area (Å²) in [5.74, 6) is 0.727. The number of dihydropyridines is 1. The molecule has 80 valence electrons. The molecule has 1 aliphatic heterocycles. The summed E-state index contributed by atoms with van der Waals surface area (Å²) < 4.78 is 0. The van der Waals surface area contributed by atoms with E-state index in [4.69, 9.17) is 0 Å². The summed E-state index contributed by atoms with van der Waals surface area (Å²) in [4.78, 5) is 1.52. The van der Waals surface area contributed by atoms with Gasteiger partial charge in [-0.3, -0.25) is 0 Å². The lowest BCUT2D eigenvalue weighted by Crippen LogP contribution is -2.15. The average Bonchev–Trinajstić information content (AvgIpc) is 2.66. The smallest absolute Gasteiger partial charge is 0.0706 e. The highest BCUT2D eigenvalue weighted by molar-refractivity contribution is 7.10. The van der Waals surface area contributed by atoms with Crippen LogP contribution >= 0.6 is 11.3 Å². The van der Waals surface area contributed by atoms with Crippen LogP contribution in [0, 0.1) is 5.92 Å². The first-order valence-electron chi connectivity index (χ1n) is 5.43. The maximum absolute atomic E-state index is 3.37. The SMILES string of the molecule is CC(C)Cc1sccc1C1C=CC=CN1. The summed E-state index contributed by atoms with van der Waals surface area (Å²) >= 11 is 1.87. The minimum Gasteiger partial charge on any atom is -0.381 e. The van der Waals surface area contributed by atoms with E-state index in [9.17, 15) is 0 Å². The number of thiophene rings is 1. The van der Waals surface area contributed by atoms with Gasteiger partial charge in [0.1, 0.15) is 0 Å². The van der Waals surface area contributed by atoms with Crippen LogP contribution in [-0.4, -0.2) is 0 Å². The molecule has 15 heavy (non-hydrogen) atoms. The first kappa shape index (κ1) is 10.5. The van der Waals surface area contributed by atoms with Crippen LogP contribution in [0.5, 0.6) is 0 Å². The molecule has 1 aromatic rings. The van der Waals surface area contributed by atoms with Crippen molar-refractivity contribution in [3.63, 3.8) is 0 Å². The molecular weight excluding hydrogens is 202 g/mol. The van der Waals surface area contributed by atoms with E-state index in [1.807, 2.05) is 23.6 Å². The highest BCUT2D eigenvalue weighted by Crippen LogP contribution is 2.27. The van der Waals surface area contributed by atoms with E-state index in [1.165, 1.54) is 16.9 Å². The molecule has 1 nitrogen and oxygen atoms in total. The number of allylic oxidation sites excluding steroid dienone is 2. The van der Waals surface area contributed by atoms with Gasteiger partial charge in [-0.1, -0.05) is 26.0 Å². The van der Waals surface area contributed by atoms with Crippen molar-refractivity contribution >= 4 is 11.3 Å². The Bertz CT molecular complexity index is 374. The maximum atomic E-state index is 3.37. The molecule has 2 heteroatoms. The van der Waals surface area contributed by atoms with E-state index >= 15 is 0 Å². The van der Waals surface area contributed by atoms with Crippen LogP contribution in [0.3, 0.4) is 0 Å². The molecule has 1 aromatic heterocycles. The van der Waals surface area contributed by atoms with Crippen LogP contribution in [0.1, 0.15) is 30.3 Å². The molecule has 0 aromatic carbocycles. The maximum Gasteiger partial charge on any atom is 0.0706 e. The Hall–Kier alpha value is -1.02. The van der Waals surface area contributed by atoms with E-state index in [1.54, 1.807) is 0 Å². The van der Waals surface area contributed by atoms with Crippen molar-refractivity contribution in [1.29, 1.82) is 0 Å². The predicted octanol–water partition coefficient (Wildman–Crippen LogP) is 3.66. The summed E-state index contributed by atoms with van der Waals surface area (Å²) in [7, 11) is 0. The molecule has 0 saturated carbocycles. The molecule has 0 aliphatic carbocycles. The lowest BCUT2D eigenvalue weighted by atomic mass is 10.0. The fourth-order valence-electron chi connectivity index (χ4n) is 1.80. The van der Waals surface area contributed by atoms with Gasteiger partial charge < -0.3 is 5.32 Å². The van der Waals surface area contributed by atoms with Gasteiger partial charge in [-0.2, -0.15) is 0 Å². The van der Waals surface area contributed by atoms with Crippen molar-refractivity contribution in [3.05, 3.63) is 46.3 Å². The van der Waals surface area contributed by atoms with Gasteiger partial charge in [0, 0.05) is 4.88 Å². The van der Waals surface area contributed by atoms with Gasteiger partial charge in [0.15, 0.2) is 0 Å². The van der Waals surface area contributed by atoms with Crippen LogP contribution < -0.4 is 5.32 Å². The summed E-state index contributed by atoms with van der Waals surface area (Å²) in [5, 5.41) is 5.57. The van der Waals surface area contributed by atoms with E-state index in [2.05, 4.69) is 42.8 Å². The second-order valence-corrected chi connectivity index (χ2v) is 5.29. The van der Waals surface area contributed by atoms with Crippen molar-refractivity contribution in [2.24, 2.45) is 5.92 Å². The number of nitrogens with one attached hydrogen (secondary N) is 1. The van der Waals surface area contributed by atoms with Crippen LogP contribution in [0.2, 0.25) is 0 Å². The van der Waals surface area contributed by atoms with Crippen molar-refractivity contribution < 1.29 is 0 Å². The first-order chi connectivity index (χ1) is 7.27. The molecular formula is C13H17NS. The first-order valence-corrected chi connectivity index (χ1v) is 6.31. The van der Waals surface area contributed by atoms with Gasteiger partial charge >= 0.3 is 0 Å². The minimum atomic E-state index is 0.370. The predicted molar refractivity (Wildman–Crippen MR) is 67.0 cm³/mol. The molecule has 2 heterocycles. The molecule has 1 atom stereocenters. The highest BCUT2D eigenvalue weighted by Gasteiger charge is 2.14. The molecule has 1 N–H and O–H groups in total. The molecule has 0 spiro atoms. The molecule has 2 rings (SSSR count). The second kappa shape index (κ2) is 4.67. The monoisotopic (exact) mass is 219 g/mol. The lowest BCUT2D eigenvalue weighted by Gasteiger charge is -2.17. The van der Waals surface area contributed by atoms with E-state index in [0.717, 1.165) is 5.92 Å². The summed E-state index contributed by atoms with van der Waals surface area (Å²) in [5.41, 5.74) is 1.44. The van der Waals surface area contributed by atoms with Crippen LogP contribution in [-0.2, 0) is 6.42 Å². The summed E-state index contributed by atoms with van der Waals surface area (Å²) in [6.45, 7) is 4.54. The Morgan fingerprint density at radius 1 is 1.40 bits per heavy atom. The number of rotatable bonds is 3. The molecule has 0 bridgehead atoms. The Labute approximate surface area is 95.5 Å². The normalized spacial score (nSPS) is 19.5. The molecule has 0 radical (unpaired) electrons. The summed E-state index contributed by atoms with van der Waals surface area (Å²) in [6.07, 6.45) is 9.55. The minimum absolute atomic E-state index is 0.370.